The first-order valence-corrected chi connectivity index (χ1v) is 3.79. The third-order valence-corrected chi connectivity index (χ3v) is 1.24. The first-order valence-electron chi connectivity index (χ1n) is 3.79. The molecule has 0 atom stereocenters. The lowest BCUT2D eigenvalue weighted by atomic mass is 10.4. The molecule has 1 aromatic rings. The summed E-state index contributed by atoms with van der Waals surface area (Å²) in [7, 11) is 0. The molecule has 0 fully saturated rings. The van der Waals surface area contributed by atoms with Gasteiger partial charge < -0.3 is 4.74 Å². The Morgan fingerprint density at radius 3 is 2.85 bits per heavy atom. The smallest absolute Gasteiger partial charge is 0.296 e. The first-order chi connectivity index (χ1) is 6.13. The van der Waals surface area contributed by atoms with Crippen LogP contribution in [-0.4, -0.2) is 16.1 Å². The summed E-state index contributed by atoms with van der Waals surface area (Å²) in [5.41, 5.74) is -0.496. The van der Waals surface area contributed by atoms with Gasteiger partial charge in [0.05, 0.1) is 12.3 Å². The second kappa shape index (κ2) is 3.72. The highest BCUT2D eigenvalue weighted by atomic mass is 16.5. The molecule has 0 spiro atoms. The zero-order chi connectivity index (χ0) is 9.84. The predicted molar refractivity (Wildman–Crippen MR) is 45.3 cm³/mol. The fourth-order valence-corrected chi connectivity index (χ4v) is 0.741. The van der Waals surface area contributed by atoms with E-state index in [1.807, 2.05) is 13.8 Å². The zero-order valence-corrected chi connectivity index (χ0v) is 7.37. The van der Waals surface area contributed by atoms with Crippen molar-refractivity contribution in [3.63, 3.8) is 0 Å². The molecule has 1 N–H and O–H groups in total. The second-order valence-electron chi connectivity index (χ2n) is 2.71. The van der Waals surface area contributed by atoms with Crippen LogP contribution in [0.25, 0.3) is 0 Å². The van der Waals surface area contributed by atoms with Gasteiger partial charge in [-0.25, -0.2) is 4.98 Å². The Morgan fingerprint density at radius 1 is 1.69 bits per heavy atom. The van der Waals surface area contributed by atoms with Crippen LogP contribution in [-0.2, 0) is 0 Å². The summed E-state index contributed by atoms with van der Waals surface area (Å²) in [6.07, 6.45) is 1.13. The van der Waals surface area contributed by atoms with Gasteiger partial charge in [0, 0.05) is 0 Å². The Morgan fingerprint density at radius 2 is 2.38 bits per heavy atom. The van der Waals surface area contributed by atoms with Crippen molar-refractivity contribution in [3.05, 3.63) is 22.1 Å². The normalized spacial score (nSPS) is 9.69. The molecule has 0 radical (unpaired) electrons. The monoisotopic (exact) mass is 179 g/mol. The molecule has 1 rings (SSSR count). The van der Waals surface area contributed by atoms with Crippen molar-refractivity contribution >= 4 is 0 Å². The Labute approximate surface area is 75.0 Å². The van der Waals surface area contributed by atoms with Gasteiger partial charge in [0.15, 0.2) is 0 Å². The number of hydrogen-bond acceptors (Lipinski definition) is 4. The van der Waals surface area contributed by atoms with E-state index in [0.29, 0.717) is 0 Å². The van der Waals surface area contributed by atoms with Crippen molar-refractivity contribution < 1.29 is 4.74 Å². The molecular weight excluding hydrogens is 170 g/mol. The minimum Gasteiger partial charge on any atom is -0.462 e. The lowest BCUT2D eigenvalue weighted by molar-refractivity contribution is 0.221. The van der Waals surface area contributed by atoms with Crippen molar-refractivity contribution in [2.75, 3.05) is 0 Å². The number of aromatic amines is 1. The number of nitrogens with one attached hydrogen (secondary N) is 1. The Balaban J connectivity index is 2.98. The van der Waals surface area contributed by atoms with Gasteiger partial charge >= 0.3 is 0 Å². The number of hydrogen-bond donors (Lipinski definition) is 1. The molecule has 1 aromatic heterocycles. The quantitative estimate of drug-likeness (QED) is 0.713. The number of nitrogens with zero attached hydrogens (tertiary/aromatic N) is 2. The lowest BCUT2D eigenvalue weighted by Gasteiger charge is -2.06. The highest BCUT2D eigenvalue weighted by molar-refractivity contribution is 5.22. The van der Waals surface area contributed by atoms with E-state index in [0.717, 1.165) is 0 Å². The van der Waals surface area contributed by atoms with Crippen molar-refractivity contribution in [3.8, 4) is 12.1 Å². The van der Waals surface area contributed by atoms with Crippen molar-refractivity contribution in [2.45, 2.75) is 20.0 Å². The van der Waals surface area contributed by atoms with E-state index >= 15 is 0 Å². The van der Waals surface area contributed by atoms with E-state index in [-0.39, 0.29) is 17.7 Å². The molecule has 13 heavy (non-hydrogen) atoms. The molecule has 0 saturated carbocycles. The molecule has 0 aliphatic heterocycles. The standard InChI is InChI=1S/C8H9N3O2/c1-5(2)13-8-10-4-6(3-9)7(12)11-8/h4-5H,1-2H3,(H,10,11,12). The van der Waals surface area contributed by atoms with E-state index in [1.54, 1.807) is 6.07 Å². The molecular formula is C8H9N3O2. The van der Waals surface area contributed by atoms with Gasteiger partial charge in [0.25, 0.3) is 11.6 Å². The van der Waals surface area contributed by atoms with Gasteiger partial charge in [-0.2, -0.15) is 5.26 Å². The van der Waals surface area contributed by atoms with Gasteiger partial charge in [-0.1, -0.05) is 0 Å². The summed E-state index contributed by atoms with van der Waals surface area (Å²) in [6, 6.07) is 1.85. The van der Waals surface area contributed by atoms with E-state index in [4.69, 9.17) is 10.00 Å². The molecule has 0 aliphatic carbocycles. The minimum atomic E-state index is -0.479. The molecule has 0 saturated heterocycles. The van der Waals surface area contributed by atoms with Gasteiger partial charge in [-0.05, 0) is 13.8 Å². The average molecular weight is 179 g/mol. The number of aromatic nitrogens is 2. The van der Waals surface area contributed by atoms with Crippen LogP contribution in [0.2, 0.25) is 0 Å². The minimum absolute atomic E-state index is 0.0175. The van der Waals surface area contributed by atoms with E-state index in [1.165, 1.54) is 6.20 Å². The van der Waals surface area contributed by atoms with Crippen LogP contribution >= 0.6 is 0 Å². The van der Waals surface area contributed by atoms with Crippen molar-refractivity contribution in [1.29, 1.82) is 5.26 Å². The van der Waals surface area contributed by atoms with E-state index < -0.39 is 5.56 Å². The third kappa shape index (κ3) is 2.30. The highest BCUT2D eigenvalue weighted by Gasteiger charge is 2.03. The summed E-state index contributed by atoms with van der Waals surface area (Å²) in [5, 5.41) is 8.44. The largest absolute Gasteiger partial charge is 0.462 e. The summed E-state index contributed by atoms with van der Waals surface area (Å²) in [6.45, 7) is 3.64. The average Bonchev–Trinajstić information content (AvgIpc) is 2.03. The summed E-state index contributed by atoms with van der Waals surface area (Å²) in [5.74, 6) is 0. The predicted octanol–water partition coefficient (Wildman–Crippen LogP) is 0.429. The molecule has 1 heterocycles. The molecule has 68 valence electrons. The molecule has 0 amide bonds. The van der Waals surface area contributed by atoms with Gasteiger partial charge in [0.2, 0.25) is 0 Å². The summed E-state index contributed by atoms with van der Waals surface area (Å²) in [4.78, 5) is 17.2. The highest BCUT2D eigenvalue weighted by Crippen LogP contribution is 2.00. The molecule has 0 unspecified atom stereocenters. The van der Waals surface area contributed by atoms with Gasteiger partial charge in [-0.15, -0.1) is 0 Å². The SMILES string of the molecule is CC(C)Oc1ncc(C#N)c(=O)[nH]1. The first kappa shape index (κ1) is 9.26. The summed E-state index contributed by atoms with van der Waals surface area (Å²) >= 11 is 0. The van der Waals surface area contributed by atoms with Crippen LogP contribution < -0.4 is 10.3 Å². The molecule has 0 bridgehead atoms. The zero-order valence-electron chi connectivity index (χ0n) is 7.37. The van der Waals surface area contributed by atoms with Crippen LogP contribution in [0.1, 0.15) is 19.4 Å². The molecule has 5 heteroatoms. The van der Waals surface area contributed by atoms with E-state index in [2.05, 4.69) is 9.97 Å². The van der Waals surface area contributed by atoms with Crippen LogP contribution in [0.15, 0.2) is 11.0 Å². The molecule has 5 nitrogen and oxygen atoms in total. The van der Waals surface area contributed by atoms with Gasteiger partial charge in [-0.3, -0.25) is 9.78 Å². The van der Waals surface area contributed by atoms with Crippen LogP contribution in [0.3, 0.4) is 0 Å². The number of ether oxygens (including phenoxy) is 1. The van der Waals surface area contributed by atoms with Crippen molar-refractivity contribution in [1.82, 2.24) is 9.97 Å². The third-order valence-electron chi connectivity index (χ3n) is 1.24. The maximum Gasteiger partial charge on any atom is 0.296 e. The van der Waals surface area contributed by atoms with Crippen molar-refractivity contribution in [2.24, 2.45) is 0 Å². The van der Waals surface area contributed by atoms with E-state index in [9.17, 15) is 4.79 Å². The van der Waals surface area contributed by atoms with Crippen LogP contribution in [0, 0.1) is 11.3 Å². The number of nitriles is 1. The van der Waals surface area contributed by atoms with Crippen LogP contribution in [0.5, 0.6) is 6.01 Å². The lowest BCUT2D eigenvalue weighted by Crippen LogP contribution is -2.16. The Bertz CT molecular complexity index is 389. The maximum absolute atomic E-state index is 11.1. The fourth-order valence-electron chi connectivity index (χ4n) is 0.741. The van der Waals surface area contributed by atoms with Crippen LogP contribution in [0.4, 0.5) is 0 Å². The maximum atomic E-state index is 11.1. The second-order valence-corrected chi connectivity index (χ2v) is 2.71. The Hall–Kier alpha value is -1.83. The fraction of sp³-hybridized carbons (Fsp3) is 0.375. The molecule has 0 aromatic carbocycles. The Kier molecular flexibility index (Phi) is 2.65. The van der Waals surface area contributed by atoms with Gasteiger partial charge in [0.1, 0.15) is 11.6 Å². The number of H-pyrrole nitrogens is 1. The molecule has 0 aliphatic rings. The number of rotatable bonds is 2. The topological polar surface area (TPSA) is 78.8 Å². The summed E-state index contributed by atoms with van der Waals surface area (Å²) < 4.78 is 5.12.